The Morgan fingerprint density at radius 1 is 0.929 bits per heavy atom. The van der Waals surface area contributed by atoms with Crippen LogP contribution in [0.5, 0.6) is 0 Å². The summed E-state index contributed by atoms with van der Waals surface area (Å²) in [7, 11) is -3.72. The molecule has 28 heavy (non-hydrogen) atoms. The van der Waals surface area contributed by atoms with Crippen LogP contribution in [0, 0.1) is 32.8 Å². The van der Waals surface area contributed by atoms with Gasteiger partial charge in [-0.2, -0.15) is 14.8 Å². The molecule has 3 rings (SSSR count). The smallest absolute Gasteiger partial charge is 0.292 e. The number of rotatable bonds is 4. The van der Waals surface area contributed by atoms with Gasteiger partial charge in [-0.15, -0.1) is 0 Å². The van der Waals surface area contributed by atoms with E-state index in [0.717, 1.165) is 0 Å². The Morgan fingerprint density at radius 3 is 2.04 bits per heavy atom. The molecule has 0 unspecified atom stereocenters. The van der Waals surface area contributed by atoms with Crippen molar-refractivity contribution in [3.05, 3.63) is 63.7 Å². The fraction of sp³-hybridized carbons (Fsp3) is 0.222. The number of benzene rings is 2. The van der Waals surface area contributed by atoms with Crippen molar-refractivity contribution in [2.45, 2.75) is 4.90 Å². The number of anilines is 1. The minimum atomic E-state index is -3.72. The normalized spacial score (nSPS) is 14.9. The lowest BCUT2D eigenvalue weighted by Crippen LogP contribution is -2.48. The summed E-state index contributed by atoms with van der Waals surface area (Å²) in [5, 5.41) is 29.2. The second kappa shape index (κ2) is 7.64. The number of sulfonamides is 1. The highest BCUT2D eigenvalue weighted by atomic mass is 32.2. The lowest BCUT2D eigenvalue weighted by atomic mass is 10.1. The molecular formula is C18H15N5O4S. The molecule has 1 aliphatic rings. The van der Waals surface area contributed by atoms with Crippen LogP contribution in [0.2, 0.25) is 0 Å². The van der Waals surface area contributed by atoms with E-state index >= 15 is 0 Å². The summed E-state index contributed by atoms with van der Waals surface area (Å²) in [5.41, 5.74) is 0.851. The topological polar surface area (TPSA) is 131 Å². The first-order valence-electron chi connectivity index (χ1n) is 8.30. The molecule has 0 aliphatic carbocycles. The van der Waals surface area contributed by atoms with Gasteiger partial charge in [-0.05, 0) is 36.4 Å². The van der Waals surface area contributed by atoms with Crippen molar-refractivity contribution in [3.8, 4) is 12.1 Å². The van der Waals surface area contributed by atoms with Crippen LogP contribution in [0.1, 0.15) is 11.1 Å². The van der Waals surface area contributed by atoms with Crippen molar-refractivity contribution in [3.63, 3.8) is 0 Å². The Bertz CT molecular complexity index is 1090. The highest BCUT2D eigenvalue weighted by Crippen LogP contribution is 2.30. The van der Waals surface area contributed by atoms with Gasteiger partial charge in [-0.25, -0.2) is 8.42 Å². The molecular weight excluding hydrogens is 382 g/mol. The highest BCUT2D eigenvalue weighted by Gasteiger charge is 2.30. The molecule has 1 aliphatic heterocycles. The van der Waals surface area contributed by atoms with Crippen LogP contribution in [0.25, 0.3) is 0 Å². The number of nitrogens with zero attached hydrogens (tertiary/aromatic N) is 5. The Hall–Kier alpha value is -3.47. The van der Waals surface area contributed by atoms with Crippen LogP contribution in [-0.4, -0.2) is 43.8 Å². The number of nitro benzene ring substituents is 1. The van der Waals surface area contributed by atoms with E-state index in [1.165, 1.54) is 46.8 Å². The van der Waals surface area contributed by atoms with E-state index < -0.39 is 14.9 Å². The van der Waals surface area contributed by atoms with Crippen LogP contribution in [0.4, 0.5) is 11.4 Å². The van der Waals surface area contributed by atoms with E-state index in [2.05, 4.69) is 0 Å². The first-order valence-corrected chi connectivity index (χ1v) is 9.74. The predicted octanol–water partition coefficient (Wildman–Crippen LogP) is 1.85. The molecule has 1 saturated heterocycles. The largest absolute Gasteiger partial charge is 0.363 e. The molecule has 0 aromatic heterocycles. The van der Waals surface area contributed by atoms with Gasteiger partial charge in [0.15, 0.2) is 0 Å². The van der Waals surface area contributed by atoms with Gasteiger partial charge in [0.2, 0.25) is 10.0 Å². The molecule has 2 aromatic carbocycles. The summed E-state index contributed by atoms with van der Waals surface area (Å²) in [6, 6.07) is 13.7. The maximum absolute atomic E-state index is 12.8. The monoisotopic (exact) mass is 397 g/mol. The number of hydrogen-bond acceptors (Lipinski definition) is 7. The van der Waals surface area contributed by atoms with Crippen LogP contribution in [-0.2, 0) is 10.0 Å². The number of nitro groups is 1. The summed E-state index contributed by atoms with van der Waals surface area (Å²) in [6.07, 6.45) is 0. The molecule has 0 bridgehead atoms. The second-order valence-electron chi connectivity index (χ2n) is 6.10. The van der Waals surface area contributed by atoms with Gasteiger partial charge in [0.1, 0.15) is 5.69 Å². The summed E-state index contributed by atoms with van der Waals surface area (Å²) >= 11 is 0. The maximum atomic E-state index is 12.8. The predicted molar refractivity (Wildman–Crippen MR) is 99.9 cm³/mol. The van der Waals surface area contributed by atoms with E-state index in [-0.39, 0.29) is 36.8 Å². The molecule has 0 atom stereocenters. The van der Waals surface area contributed by atoms with Crippen LogP contribution in [0.3, 0.4) is 0 Å². The van der Waals surface area contributed by atoms with E-state index in [9.17, 15) is 18.5 Å². The Morgan fingerprint density at radius 2 is 1.50 bits per heavy atom. The van der Waals surface area contributed by atoms with Gasteiger partial charge in [-0.1, -0.05) is 0 Å². The van der Waals surface area contributed by atoms with E-state index in [1.54, 1.807) is 4.90 Å². The summed E-state index contributed by atoms with van der Waals surface area (Å²) in [5.74, 6) is 0. The van der Waals surface area contributed by atoms with Crippen molar-refractivity contribution >= 4 is 21.4 Å². The van der Waals surface area contributed by atoms with Gasteiger partial charge in [0.05, 0.1) is 33.1 Å². The van der Waals surface area contributed by atoms with Gasteiger partial charge in [0, 0.05) is 32.2 Å². The van der Waals surface area contributed by atoms with Gasteiger partial charge in [0.25, 0.3) is 5.69 Å². The van der Waals surface area contributed by atoms with E-state index in [0.29, 0.717) is 16.8 Å². The summed E-state index contributed by atoms with van der Waals surface area (Å²) < 4.78 is 26.9. The maximum Gasteiger partial charge on any atom is 0.292 e. The Balaban J connectivity index is 1.80. The van der Waals surface area contributed by atoms with Gasteiger partial charge in [-0.3, -0.25) is 10.1 Å². The average Bonchev–Trinajstić information content (AvgIpc) is 2.73. The molecule has 9 nitrogen and oxygen atoms in total. The molecule has 10 heteroatoms. The zero-order valence-corrected chi connectivity index (χ0v) is 15.5. The van der Waals surface area contributed by atoms with Crippen LogP contribution in [0.15, 0.2) is 47.4 Å². The molecule has 142 valence electrons. The lowest BCUT2D eigenvalue weighted by molar-refractivity contribution is -0.384. The Kier molecular flexibility index (Phi) is 5.27. The summed E-state index contributed by atoms with van der Waals surface area (Å²) in [6.45, 7) is 0.809. The minimum Gasteiger partial charge on any atom is -0.363 e. The molecule has 1 heterocycles. The SMILES string of the molecule is N#Cc1ccc(S(=O)(=O)N2CCN(c3cc(C#N)ccc3[N+](=O)[O-])CC2)cc1. The van der Waals surface area contributed by atoms with Crippen molar-refractivity contribution in [2.75, 3.05) is 31.1 Å². The first kappa shape index (κ1) is 19.3. The fourth-order valence-electron chi connectivity index (χ4n) is 3.02. The van der Waals surface area contributed by atoms with Crippen molar-refractivity contribution < 1.29 is 13.3 Å². The van der Waals surface area contributed by atoms with E-state index in [1.807, 2.05) is 12.1 Å². The standard InChI is InChI=1S/C18H15N5O4S/c19-12-14-1-4-16(5-2-14)28(26,27)22-9-7-21(8-10-22)18-11-15(13-20)3-6-17(18)23(24)25/h1-6,11H,7-10H2. The zero-order valence-electron chi connectivity index (χ0n) is 14.6. The average molecular weight is 397 g/mol. The molecule has 0 spiro atoms. The van der Waals surface area contributed by atoms with E-state index in [4.69, 9.17) is 10.5 Å². The third kappa shape index (κ3) is 3.64. The quantitative estimate of drug-likeness (QED) is 0.568. The third-order valence-corrected chi connectivity index (χ3v) is 6.41. The fourth-order valence-corrected chi connectivity index (χ4v) is 4.44. The molecule has 2 aromatic rings. The van der Waals surface area contributed by atoms with Crippen LogP contribution < -0.4 is 4.90 Å². The number of piperazine rings is 1. The zero-order chi connectivity index (χ0) is 20.3. The molecule has 0 saturated carbocycles. The van der Waals surface area contributed by atoms with Crippen LogP contribution >= 0.6 is 0 Å². The first-order chi connectivity index (χ1) is 13.4. The number of hydrogen-bond donors (Lipinski definition) is 0. The summed E-state index contributed by atoms with van der Waals surface area (Å²) in [4.78, 5) is 12.6. The van der Waals surface area contributed by atoms with Crippen molar-refractivity contribution in [1.29, 1.82) is 10.5 Å². The molecule has 0 N–H and O–H groups in total. The Labute approximate surface area is 161 Å². The van der Waals surface area contributed by atoms with Crippen molar-refractivity contribution in [2.24, 2.45) is 0 Å². The van der Waals surface area contributed by atoms with Gasteiger partial charge < -0.3 is 4.90 Å². The highest BCUT2D eigenvalue weighted by molar-refractivity contribution is 7.89. The number of nitriles is 2. The van der Waals surface area contributed by atoms with Gasteiger partial charge >= 0.3 is 0 Å². The second-order valence-corrected chi connectivity index (χ2v) is 8.04. The van der Waals surface area contributed by atoms with Crippen molar-refractivity contribution in [1.82, 2.24) is 4.31 Å². The lowest BCUT2D eigenvalue weighted by Gasteiger charge is -2.35. The molecule has 0 amide bonds. The third-order valence-electron chi connectivity index (χ3n) is 4.50. The minimum absolute atomic E-state index is 0.0948. The molecule has 0 radical (unpaired) electrons. The molecule has 1 fully saturated rings.